The van der Waals surface area contributed by atoms with Gasteiger partial charge in [-0.1, -0.05) is 18.2 Å². The Hall–Kier alpha value is -4.13. The molecule has 0 aliphatic rings. The number of ketones is 1. The van der Waals surface area contributed by atoms with Gasteiger partial charge in [0.25, 0.3) is 0 Å². The van der Waals surface area contributed by atoms with Gasteiger partial charge in [0.1, 0.15) is 17.2 Å². The number of hydrogen-bond donors (Lipinski definition) is 4. The van der Waals surface area contributed by atoms with Crippen LogP contribution < -0.4 is 5.73 Å². The number of nitrogens with two attached hydrogens (primary N) is 1. The second-order valence-corrected chi connectivity index (χ2v) is 5.60. The van der Waals surface area contributed by atoms with E-state index in [4.69, 9.17) is 15.9 Å². The summed E-state index contributed by atoms with van der Waals surface area (Å²) in [6.07, 6.45) is 5.92. The van der Waals surface area contributed by atoms with Gasteiger partial charge in [0.2, 0.25) is 5.91 Å². The molecule has 1 amide bonds. The minimum atomic E-state index is -0.442. The lowest BCUT2D eigenvalue weighted by Crippen LogP contribution is -2.10. The largest absolute Gasteiger partial charge is 0.508 e. The van der Waals surface area contributed by atoms with Crippen molar-refractivity contribution in [1.29, 1.82) is 0 Å². The highest BCUT2D eigenvalue weighted by Crippen LogP contribution is 2.23. The normalized spacial score (nSPS) is 10.1. The predicted octanol–water partition coefficient (Wildman–Crippen LogP) is 2.88. The molecule has 1 aromatic heterocycles. The van der Waals surface area contributed by atoms with Gasteiger partial charge in [0, 0.05) is 18.5 Å². The van der Waals surface area contributed by atoms with Crippen LogP contribution >= 0.6 is 0 Å². The number of nitrogens with zero attached hydrogens (tertiary/aromatic N) is 1. The van der Waals surface area contributed by atoms with Crippen molar-refractivity contribution < 1.29 is 24.9 Å². The summed E-state index contributed by atoms with van der Waals surface area (Å²) >= 11 is 0. The summed E-state index contributed by atoms with van der Waals surface area (Å²) in [5, 5.41) is 27.8. The Morgan fingerprint density at radius 2 is 1.61 bits per heavy atom. The molecule has 0 radical (unpaired) electrons. The molecule has 3 aromatic rings. The second-order valence-electron chi connectivity index (χ2n) is 5.60. The van der Waals surface area contributed by atoms with Crippen LogP contribution in [0.15, 0.2) is 73.1 Å². The van der Waals surface area contributed by atoms with Gasteiger partial charge in [-0.15, -0.1) is 0 Å². The Balaban J connectivity index is 0.000000261. The maximum Gasteiger partial charge on any atom is 0.250 e. The minimum absolute atomic E-state index is 0.100. The number of carbonyl (C=O) groups excluding carboxylic acids is 2. The molecule has 0 aliphatic heterocycles. The van der Waals surface area contributed by atoms with E-state index in [1.54, 1.807) is 36.5 Å². The van der Waals surface area contributed by atoms with Crippen molar-refractivity contribution in [3.63, 3.8) is 0 Å². The van der Waals surface area contributed by atoms with Gasteiger partial charge in [-0.05, 0) is 48.0 Å². The molecule has 2 aromatic carbocycles. The molecule has 0 atom stereocenters. The van der Waals surface area contributed by atoms with Crippen LogP contribution in [0.1, 0.15) is 26.3 Å². The maximum atomic E-state index is 11.8. The molecule has 3 rings (SSSR count). The predicted molar refractivity (Wildman–Crippen MR) is 104 cm³/mol. The number of aromatic nitrogens is 1. The van der Waals surface area contributed by atoms with Gasteiger partial charge in [-0.25, -0.2) is 0 Å². The number of phenolic OH excluding ortho intramolecular Hbond substituents is 3. The lowest BCUT2D eigenvalue weighted by molar-refractivity contribution is 0.0998. The van der Waals surface area contributed by atoms with E-state index in [1.165, 1.54) is 36.5 Å². The van der Waals surface area contributed by atoms with Crippen molar-refractivity contribution in [2.45, 2.75) is 0 Å². The average molecular weight is 378 g/mol. The van der Waals surface area contributed by atoms with Crippen LogP contribution in [-0.4, -0.2) is 32.0 Å². The number of aromatic hydroxyl groups is 3. The molecule has 0 aliphatic carbocycles. The molecular formula is C21H18N2O5. The van der Waals surface area contributed by atoms with Crippen LogP contribution in [0.2, 0.25) is 0 Å². The zero-order valence-corrected chi connectivity index (χ0v) is 14.7. The van der Waals surface area contributed by atoms with E-state index < -0.39 is 5.91 Å². The molecule has 28 heavy (non-hydrogen) atoms. The number of rotatable bonds is 4. The van der Waals surface area contributed by atoms with Gasteiger partial charge in [0.15, 0.2) is 5.78 Å². The quantitative estimate of drug-likeness (QED) is 0.407. The van der Waals surface area contributed by atoms with E-state index in [2.05, 4.69) is 4.98 Å². The van der Waals surface area contributed by atoms with Gasteiger partial charge in [0.05, 0.1) is 11.1 Å². The molecule has 0 spiro atoms. The SMILES string of the molecule is NC(=O)c1cccnc1.O=C(/C=C/c1ccc(O)cc1)c1ccc(O)cc1O. The number of pyridine rings is 1. The van der Waals surface area contributed by atoms with E-state index in [0.717, 1.165) is 11.6 Å². The number of benzene rings is 2. The first kappa shape index (κ1) is 20.2. The molecule has 7 heteroatoms. The third kappa shape index (κ3) is 5.99. The van der Waals surface area contributed by atoms with Crippen molar-refractivity contribution in [1.82, 2.24) is 4.98 Å². The number of amides is 1. The second kappa shape index (κ2) is 9.54. The summed E-state index contributed by atoms with van der Waals surface area (Å²) < 4.78 is 0. The first-order valence-electron chi connectivity index (χ1n) is 8.10. The molecular weight excluding hydrogens is 360 g/mol. The monoisotopic (exact) mass is 378 g/mol. The van der Waals surface area contributed by atoms with Gasteiger partial charge >= 0.3 is 0 Å². The minimum Gasteiger partial charge on any atom is -0.508 e. The fraction of sp³-hybridized carbons (Fsp3) is 0. The zero-order valence-electron chi connectivity index (χ0n) is 14.7. The van der Waals surface area contributed by atoms with Crippen LogP contribution in [0.5, 0.6) is 17.2 Å². The fourth-order valence-electron chi connectivity index (χ4n) is 2.08. The molecule has 1 heterocycles. The molecule has 5 N–H and O–H groups in total. The smallest absolute Gasteiger partial charge is 0.250 e. The molecule has 142 valence electrons. The molecule has 7 nitrogen and oxygen atoms in total. The van der Waals surface area contributed by atoms with Crippen molar-refractivity contribution in [3.8, 4) is 17.2 Å². The third-order valence-corrected chi connectivity index (χ3v) is 3.51. The molecule has 0 unspecified atom stereocenters. The van der Waals surface area contributed by atoms with Crippen molar-refractivity contribution in [2.24, 2.45) is 5.73 Å². The van der Waals surface area contributed by atoms with Crippen LogP contribution in [-0.2, 0) is 0 Å². The Morgan fingerprint density at radius 3 is 2.14 bits per heavy atom. The number of primary amides is 1. The average Bonchev–Trinajstić information content (AvgIpc) is 2.68. The van der Waals surface area contributed by atoms with E-state index in [9.17, 15) is 14.7 Å². The highest BCUT2D eigenvalue weighted by Gasteiger charge is 2.08. The molecule has 0 saturated carbocycles. The Kier molecular flexibility index (Phi) is 6.87. The number of hydrogen-bond acceptors (Lipinski definition) is 6. The summed E-state index contributed by atoms with van der Waals surface area (Å²) in [6.45, 7) is 0. The van der Waals surface area contributed by atoms with Crippen LogP contribution in [0.25, 0.3) is 6.08 Å². The Bertz CT molecular complexity index is 983. The lowest BCUT2D eigenvalue weighted by atomic mass is 10.1. The maximum absolute atomic E-state index is 11.8. The van der Waals surface area contributed by atoms with E-state index in [1.807, 2.05) is 0 Å². The van der Waals surface area contributed by atoms with Gasteiger partial charge < -0.3 is 21.1 Å². The summed E-state index contributed by atoms with van der Waals surface area (Å²) in [5.41, 5.74) is 6.25. The highest BCUT2D eigenvalue weighted by molar-refractivity contribution is 6.08. The first-order valence-corrected chi connectivity index (χ1v) is 8.10. The standard InChI is InChI=1S/C15H12O4.C6H6N2O/c16-11-4-1-10(2-5-11)3-8-14(18)13-7-6-12(17)9-15(13)19;7-6(9)5-2-1-3-8-4-5/h1-9,16-17,19H;1-4H,(H2,7,9)/b8-3+;. The number of carbonyl (C=O) groups is 2. The Labute approximate surface area is 161 Å². The molecule has 0 fully saturated rings. The third-order valence-electron chi connectivity index (χ3n) is 3.51. The van der Waals surface area contributed by atoms with Crippen LogP contribution in [0.3, 0.4) is 0 Å². The summed E-state index contributed by atoms with van der Waals surface area (Å²) in [5.74, 6) is -1.02. The van der Waals surface area contributed by atoms with E-state index in [0.29, 0.717) is 5.56 Å². The summed E-state index contributed by atoms with van der Waals surface area (Å²) in [6, 6.07) is 13.4. The zero-order chi connectivity index (χ0) is 20.5. The fourth-order valence-corrected chi connectivity index (χ4v) is 2.08. The number of phenols is 3. The number of allylic oxidation sites excluding steroid dienone is 1. The van der Waals surface area contributed by atoms with Gasteiger partial charge in [-0.3, -0.25) is 14.6 Å². The first-order chi connectivity index (χ1) is 13.4. The topological polar surface area (TPSA) is 134 Å². The van der Waals surface area contributed by atoms with E-state index >= 15 is 0 Å². The van der Waals surface area contributed by atoms with Crippen LogP contribution in [0, 0.1) is 0 Å². The van der Waals surface area contributed by atoms with Gasteiger partial charge in [-0.2, -0.15) is 0 Å². The summed E-state index contributed by atoms with van der Waals surface area (Å²) in [4.78, 5) is 25.9. The Morgan fingerprint density at radius 1 is 0.929 bits per heavy atom. The van der Waals surface area contributed by atoms with Crippen molar-refractivity contribution in [3.05, 3.63) is 89.8 Å². The van der Waals surface area contributed by atoms with Crippen molar-refractivity contribution in [2.75, 3.05) is 0 Å². The summed E-state index contributed by atoms with van der Waals surface area (Å²) in [7, 11) is 0. The van der Waals surface area contributed by atoms with Crippen molar-refractivity contribution >= 4 is 17.8 Å². The molecule has 0 bridgehead atoms. The lowest BCUT2D eigenvalue weighted by Gasteiger charge is -2.01. The van der Waals surface area contributed by atoms with Crippen LogP contribution in [0.4, 0.5) is 0 Å². The molecule has 0 saturated heterocycles. The highest BCUT2D eigenvalue weighted by atomic mass is 16.3. The van der Waals surface area contributed by atoms with E-state index in [-0.39, 0.29) is 28.6 Å².